The Kier molecular flexibility index (Phi) is 7.69. The summed E-state index contributed by atoms with van der Waals surface area (Å²) in [6, 6.07) is 0. The van der Waals surface area contributed by atoms with E-state index in [4.69, 9.17) is 5.11 Å². The van der Waals surface area contributed by atoms with Crippen molar-refractivity contribution in [3.63, 3.8) is 0 Å². The van der Waals surface area contributed by atoms with E-state index in [-0.39, 0.29) is 6.10 Å². The summed E-state index contributed by atoms with van der Waals surface area (Å²) in [6.45, 7) is 9.12. The molecule has 0 heterocycles. The molecule has 0 aliphatic heterocycles. The first kappa shape index (κ1) is 21.0. The molecular formula is C23H36O3. The first-order valence-electron chi connectivity index (χ1n) is 10.3. The summed E-state index contributed by atoms with van der Waals surface area (Å²) in [5, 5.41) is 19.5. The molecule has 0 aromatic rings. The van der Waals surface area contributed by atoms with Crippen LogP contribution in [0.15, 0.2) is 36.0 Å². The van der Waals surface area contributed by atoms with Crippen LogP contribution in [0.1, 0.15) is 59.8 Å². The SMILES string of the molecule is CCC/C=C(/C)[C@H]1[C@@H](/C=C/C=C/C(=O)O)[C@H]2[C@@H](C[C@@H]1C)[C@@H](O)CC[C@@H]2C. The molecule has 3 nitrogen and oxygen atoms in total. The van der Waals surface area contributed by atoms with Gasteiger partial charge in [-0.1, -0.05) is 57.1 Å². The van der Waals surface area contributed by atoms with Crippen LogP contribution in [0.4, 0.5) is 0 Å². The van der Waals surface area contributed by atoms with Crippen molar-refractivity contribution in [3.8, 4) is 0 Å². The largest absolute Gasteiger partial charge is 0.478 e. The van der Waals surface area contributed by atoms with Crippen LogP contribution in [0.25, 0.3) is 0 Å². The van der Waals surface area contributed by atoms with Gasteiger partial charge in [-0.15, -0.1) is 0 Å². The highest BCUT2D eigenvalue weighted by atomic mass is 16.4. The summed E-state index contributed by atoms with van der Waals surface area (Å²) in [6.07, 6.45) is 14.5. The number of carbonyl (C=O) groups is 1. The summed E-state index contributed by atoms with van der Waals surface area (Å²) in [4.78, 5) is 10.8. The van der Waals surface area contributed by atoms with Crippen molar-refractivity contribution >= 4 is 5.97 Å². The van der Waals surface area contributed by atoms with Gasteiger partial charge in [0.1, 0.15) is 0 Å². The van der Waals surface area contributed by atoms with Crippen LogP contribution in [0, 0.1) is 35.5 Å². The van der Waals surface area contributed by atoms with E-state index in [0.717, 1.165) is 32.1 Å². The number of aliphatic carboxylic acids is 1. The maximum absolute atomic E-state index is 10.8. The van der Waals surface area contributed by atoms with E-state index in [1.54, 1.807) is 6.08 Å². The van der Waals surface area contributed by atoms with Gasteiger partial charge < -0.3 is 10.2 Å². The average Bonchev–Trinajstić information content (AvgIpc) is 2.59. The topological polar surface area (TPSA) is 57.5 Å². The Bertz CT molecular complexity index is 560. The molecular weight excluding hydrogens is 324 g/mol. The lowest BCUT2D eigenvalue weighted by Crippen LogP contribution is -2.48. The fraction of sp³-hybridized carbons (Fsp3) is 0.696. The van der Waals surface area contributed by atoms with E-state index in [0.29, 0.717) is 35.5 Å². The molecule has 0 spiro atoms. The normalized spacial score (nSPS) is 38.7. The second kappa shape index (κ2) is 9.55. The third kappa shape index (κ3) is 4.88. The minimum absolute atomic E-state index is 0.190. The predicted molar refractivity (Wildman–Crippen MR) is 107 cm³/mol. The van der Waals surface area contributed by atoms with Crippen LogP contribution in [-0.4, -0.2) is 22.3 Å². The highest BCUT2D eigenvalue weighted by Crippen LogP contribution is 2.53. The number of carboxylic acids is 1. The molecule has 0 unspecified atom stereocenters. The van der Waals surface area contributed by atoms with Gasteiger partial charge in [0.25, 0.3) is 0 Å². The Balaban J connectivity index is 2.36. The fourth-order valence-corrected chi connectivity index (χ4v) is 5.53. The molecule has 26 heavy (non-hydrogen) atoms. The number of aliphatic hydroxyl groups excluding tert-OH is 1. The van der Waals surface area contributed by atoms with Crippen molar-refractivity contribution in [2.75, 3.05) is 0 Å². The number of aliphatic hydroxyl groups is 1. The van der Waals surface area contributed by atoms with Crippen LogP contribution in [-0.2, 0) is 4.79 Å². The summed E-state index contributed by atoms with van der Waals surface area (Å²) in [7, 11) is 0. The van der Waals surface area contributed by atoms with E-state index in [1.165, 1.54) is 11.6 Å². The van der Waals surface area contributed by atoms with E-state index >= 15 is 0 Å². The van der Waals surface area contributed by atoms with Gasteiger partial charge in [-0.3, -0.25) is 0 Å². The second-order valence-electron chi connectivity index (χ2n) is 8.50. The number of rotatable bonds is 6. The van der Waals surface area contributed by atoms with E-state index < -0.39 is 5.97 Å². The van der Waals surface area contributed by atoms with Gasteiger partial charge in [-0.05, 0) is 68.1 Å². The van der Waals surface area contributed by atoms with Crippen molar-refractivity contribution in [1.29, 1.82) is 0 Å². The zero-order valence-corrected chi connectivity index (χ0v) is 16.8. The van der Waals surface area contributed by atoms with Gasteiger partial charge in [-0.25, -0.2) is 4.79 Å². The molecule has 0 radical (unpaired) electrons. The number of allylic oxidation sites excluding steroid dienone is 5. The molecule has 0 bridgehead atoms. The molecule has 3 heteroatoms. The van der Waals surface area contributed by atoms with Crippen molar-refractivity contribution in [2.24, 2.45) is 35.5 Å². The second-order valence-corrected chi connectivity index (χ2v) is 8.50. The minimum Gasteiger partial charge on any atom is -0.478 e. The van der Waals surface area contributed by atoms with Crippen molar-refractivity contribution < 1.29 is 15.0 Å². The molecule has 0 aromatic carbocycles. The predicted octanol–water partition coefficient (Wildman–Crippen LogP) is 5.23. The molecule has 2 fully saturated rings. The minimum atomic E-state index is -0.915. The molecule has 2 aliphatic rings. The summed E-state index contributed by atoms with van der Waals surface area (Å²) >= 11 is 0. The van der Waals surface area contributed by atoms with E-state index in [2.05, 4.69) is 39.8 Å². The average molecular weight is 361 g/mol. The Morgan fingerprint density at radius 2 is 1.88 bits per heavy atom. The van der Waals surface area contributed by atoms with Gasteiger partial charge in [0.15, 0.2) is 0 Å². The molecule has 2 N–H and O–H groups in total. The highest BCUT2D eigenvalue weighted by Gasteiger charge is 2.48. The van der Waals surface area contributed by atoms with Crippen LogP contribution in [0.5, 0.6) is 0 Å². The van der Waals surface area contributed by atoms with E-state index in [1.807, 2.05) is 6.08 Å². The fourth-order valence-electron chi connectivity index (χ4n) is 5.53. The molecule has 0 saturated heterocycles. The van der Waals surface area contributed by atoms with Crippen LogP contribution in [0.3, 0.4) is 0 Å². The summed E-state index contributed by atoms with van der Waals surface area (Å²) < 4.78 is 0. The van der Waals surface area contributed by atoms with Crippen molar-refractivity contribution in [2.45, 2.75) is 65.9 Å². The molecule has 2 saturated carbocycles. The van der Waals surface area contributed by atoms with Gasteiger partial charge in [0.2, 0.25) is 0 Å². The number of carboxylic acid groups (broad SMARTS) is 1. The smallest absolute Gasteiger partial charge is 0.328 e. The molecule has 146 valence electrons. The van der Waals surface area contributed by atoms with E-state index in [9.17, 15) is 9.90 Å². The lowest BCUT2D eigenvalue weighted by molar-refractivity contribution is -0.131. The van der Waals surface area contributed by atoms with Crippen LogP contribution < -0.4 is 0 Å². The number of hydrogen-bond acceptors (Lipinski definition) is 2. The lowest BCUT2D eigenvalue weighted by atomic mass is 9.53. The molecule has 7 atom stereocenters. The van der Waals surface area contributed by atoms with Crippen molar-refractivity contribution in [3.05, 3.63) is 36.0 Å². The third-order valence-electron chi connectivity index (χ3n) is 6.64. The number of fused-ring (bicyclic) bond motifs is 1. The summed E-state index contributed by atoms with van der Waals surface area (Å²) in [5.74, 6) is 1.88. The number of hydrogen-bond donors (Lipinski definition) is 2. The first-order chi connectivity index (χ1) is 12.4. The molecule has 0 amide bonds. The molecule has 2 rings (SSSR count). The van der Waals surface area contributed by atoms with Gasteiger partial charge in [0.05, 0.1) is 6.10 Å². The quantitative estimate of drug-likeness (QED) is 0.387. The monoisotopic (exact) mass is 360 g/mol. The highest BCUT2D eigenvalue weighted by molar-refractivity contribution is 5.80. The first-order valence-corrected chi connectivity index (χ1v) is 10.3. The summed E-state index contributed by atoms with van der Waals surface area (Å²) in [5.41, 5.74) is 1.46. The molecule has 2 aliphatic carbocycles. The zero-order chi connectivity index (χ0) is 19.3. The maximum atomic E-state index is 10.8. The number of unbranched alkanes of at least 4 members (excludes halogenated alkanes) is 1. The Hall–Kier alpha value is -1.35. The van der Waals surface area contributed by atoms with Gasteiger partial charge in [0, 0.05) is 6.08 Å². The Morgan fingerprint density at radius 3 is 2.54 bits per heavy atom. The zero-order valence-electron chi connectivity index (χ0n) is 16.8. The van der Waals surface area contributed by atoms with Crippen LogP contribution >= 0.6 is 0 Å². The Labute approximate surface area is 158 Å². The Morgan fingerprint density at radius 1 is 1.15 bits per heavy atom. The maximum Gasteiger partial charge on any atom is 0.328 e. The van der Waals surface area contributed by atoms with Crippen molar-refractivity contribution in [1.82, 2.24) is 0 Å². The molecule has 0 aromatic heterocycles. The van der Waals surface area contributed by atoms with Gasteiger partial charge >= 0.3 is 5.97 Å². The standard InChI is InChI=1S/C23H36O3/c1-5-6-9-15(2)22-17(4)14-19-20(24)13-12-16(3)23(19)18(22)10-7-8-11-21(25)26/h7-11,16-20,22-24H,5-6,12-14H2,1-4H3,(H,25,26)/b10-7+,11-8+,15-9-/t16-,17-,18+,19-,20-,22+,23-/m0/s1. The van der Waals surface area contributed by atoms with Crippen LogP contribution in [0.2, 0.25) is 0 Å². The third-order valence-corrected chi connectivity index (χ3v) is 6.64. The lowest BCUT2D eigenvalue weighted by Gasteiger charge is -2.52. The van der Waals surface area contributed by atoms with Gasteiger partial charge in [-0.2, -0.15) is 0 Å².